The van der Waals surface area contributed by atoms with E-state index >= 15 is 0 Å². The smallest absolute Gasteiger partial charge is 0.224 e. The number of amides is 1. The number of hydrogen-bond acceptors (Lipinski definition) is 2. The molecule has 2 nitrogen and oxygen atoms in total. The van der Waals surface area contributed by atoms with E-state index in [1.165, 1.54) is 37.0 Å². The molecule has 1 N–H and O–H groups in total. The highest BCUT2D eigenvalue weighted by Crippen LogP contribution is 2.27. The van der Waals surface area contributed by atoms with Gasteiger partial charge in [0.05, 0.1) is 0 Å². The zero-order chi connectivity index (χ0) is 12.8. The second kappa shape index (κ2) is 6.83. The second-order valence-electron chi connectivity index (χ2n) is 4.99. The average Bonchev–Trinajstić information content (AvgIpc) is 2.40. The summed E-state index contributed by atoms with van der Waals surface area (Å²) in [5, 5.41) is 3.01. The van der Waals surface area contributed by atoms with Gasteiger partial charge in [0.2, 0.25) is 5.91 Å². The maximum absolute atomic E-state index is 12.0. The lowest BCUT2D eigenvalue weighted by molar-refractivity contribution is -0.117. The molecule has 0 aliphatic heterocycles. The van der Waals surface area contributed by atoms with Crippen molar-refractivity contribution in [2.75, 3.05) is 11.6 Å². The summed E-state index contributed by atoms with van der Waals surface area (Å²) in [5.41, 5.74) is 0.919. The van der Waals surface area contributed by atoms with Gasteiger partial charge in [-0.05, 0) is 43.2 Å². The van der Waals surface area contributed by atoms with E-state index in [9.17, 15) is 4.79 Å². The molecule has 2 rings (SSSR count). The predicted octanol–water partition coefficient (Wildman–Crippen LogP) is 4.32. The molecule has 0 unspecified atom stereocenters. The summed E-state index contributed by atoms with van der Waals surface area (Å²) in [5.74, 6) is 0.766. The Kier molecular flexibility index (Phi) is 5.12. The van der Waals surface area contributed by atoms with Crippen LogP contribution in [0, 0.1) is 5.92 Å². The van der Waals surface area contributed by atoms with Gasteiger partial charge in [-0.2, -0.15) is 0 Å². The summed E-state index contributed by atoms with van der Waals surface area (Å²) in [4.78, 5) is 13.1. The van der Waals surface area contributed by atoms with Crippen LogP contribution in [-0.4, -0.2) is 12.2 Å². The van der Waals surface area contributed by atoms with E-state index in [1.807, 2.05) is 24.5 Å². The maximum atomic E-state index is 12.0. The molecule has 1 fully saturated rings. The van der Waals surface area contributed by atoms with Crippen LogP contribution in [0.5, 0.6) is 0 Å². The molecule has 0 spiro atoms. The second-order valence-corrected chi connectivity index (χ2v) is 5.87. The third-order valence-corrected chi connectivity index (χ3v) is 4.28. The zero-order valence-corrected chi connectivity index (χ0v) is 11.8. The molecule has 0 radical (unpaired) electrons. The van der Waals surface area contributed by atoms with E-state index in [-0.39, 0.29) is 5.91 Å². The Hall–Kier alpha value is -0.960. The number of hydrogen-bond donors (Lipinski definition) is 1. The molecule has 0 bridgehead atoms. The molecule has 0 atom stereocenters. The fourth-order valence-electron chi connectivity index (χ4n) is 2.57. The van der Waals surface area contributed by atoms with Crippen molar-refractivity contribution in [1.82, 2.24) is 0 Å². The van der Waals surface area contributed by atoms with Crippen molar-refractivity contribution in [2.45, 2.75) is 43.4 Å². The van der Waals surface area contributed by atoms with Crippen LogP contribution in [0.15, 0.2) is 29.2 Å². The van der Waals surface area contributed by atoms with Crippen LogP contribution in [0.4, 0.5) is 5.69 Å². The average molecular weight is 263 g/mol. The van der Waals surface area contributed by atoms with Gasteiger partial charge in [0.25, 0.3) is 0 Å². The molecular formula is C15H21NOS. The van der Waals surface area contributed by atoms with Gasteiger partial charge in [0.1, 0.15) is 0 Å². The van der Waals surface area contributed by atoms with Gasteiger partial charge in [0.15, 0.2) is 0 Å². The van der Waals surface area contributed by atoms with E-state index in [2.05, 4.69) is 11.4 Å². The van der Waals surface area contributed by atoms with Crippen molar-refractivity contribution in [3.05, 3.63) is 24.3 Å². The summed E-state index contributed by atoms with van der Waals surface area (Å²) in [6.07, 6.45) is 9.09. The lowest BCUT2D eigenvalue weighted by Crippen LogP contribution is -2.18. The van der Waals surface area contributed by atoms with Gasteiger partial charge in [-0.25, -0.2) is 0 Å². The monoisotopic (exact) mass is 263 g/mol. The number of thioether (sulfide) groups is 1. The first-order chi connectivity index (χ1) is 8.78. The van der Waals surface area contributed by atoms with Crippen LogP contribution in [-0.2, 0) is 4.79 Å². The highest BCUT2D eigenvalue weighted by Gasteiger charge is 2.16. The van der Waals surface area contributed by atoms with Crippen molar-refractivity contribution in [2.24, 2.45) is 5.92 Å². The maximum Gasteiger partial charge on any atom is 0.224 e. The van der Waals surface area contributed by atoms with E-state index in [4.69, 9.17) is 0 Å². The Balaban J connectivity index is 1.85. The first kappa shape index (κ1) is 13.5. The Morgan fingerprint density at radius 1 is 1.33 bits per heavy atom. The van der Waals surface area contributed by atoms with Gasteiger partial charge >= 0.3 is 0 Å². The normalized spacial score (nSPS) is 16.5. The van der Waals surface area contributed by atoms with E-state index < -0.39 is 0 Å². The van der Waals surface area contributed by atoms with Crippen LogP contribution in [0.3, 0.4) is 0 Å². The first-order valence-corrected chi connectivity index (χ1v) is 7.94. The third-order valence-electron chi connectivity index (χ3n) is 3.55. The molecule has 0 saturated heterocycles. The lowest BCUT2D eigenvalue weighted by atomic mass is 9.87. The number of nitrogens with one attached hydrogen (secondary N) is 1. The molecule has 1 saturated carbocycles. The quantitative estimate of drug-likeness (QED) is 0.820. The van der Waals surface area contributed by atoms with Crippen molar-refractivity contribution in [3.8, 4) is 0 Å². The van der Waals surface area contributed by atoms with Gasteiger partial charge < -0.3 is 5.32 Å². The Morgan fingerprint density at radius 2 is 2.11 bits per heavy atom. The molecule has 1 amide bonds. The Labute approximate surface area is 114 Å². The van der Waals surface area contributed by atoms with Gasteiger partial charge in [-0.3, -0.25) is 4.79 Å². The molecule has 0 heterocycles. The standard InChI is InChI=1S/C15H21NOS/c1-18-14-9-5-8-13(11-14)16-15(17)10-12-6-3-2-4-7-12/h5,8-9,11-12H,2-4,6-7,10H2,1H3,(H,16,17). The molecule has 1 aliphatic carbocycles. The van der Waals surface area contributed by atoms with Crippen LogP contribution in [0.2, 0.25) is 0 Å². The first-order valence-electron chi connectivity index (χ1n) is 6.72. The number of carbonyl (C=O) groups is 1. The highest BCUT2D eigenvalue weighted by molar-refractivity contribution is 7.98. The fourth-order valence-corrected chi connectivity index (χ4v) is 3.03. The number of anilines is 1. The highest BCUT2D eigenvalue weighted by atomic mass is 32.2. The van der Waals surface area contributed by atoms with Crippen molar-refractivity contribution >= 4 is 23.4 Å². The largest absolute Gasteiger partial charge is 0.326 e. The van der Waals surface area contributed by atoms with E-state index in [0.29, 0.717) is 12.3 Å². The summed E-state index contributed by atoms with van der Waals surface area (Å²) in [6, 6.07) is 8.03. The lowest BCUT2D eigenvalue weighted by Gasteiger charge is -2.20. The van der Waals surface area contributed by atoms with E-state index in [1.54, 1.807) is 11.8 Å². The van der Waals surface area contributed by atoms with Crippen LogP contribution < -0.4 is 5.32 Å². The minimum absolute atomic E-state index is 0.167. The molecule has 98 valence electrons. The van der Waals surface area contributed by atoms with Crippen molar-refractivity contribution < 1.29 is 4.79 Å². The van der Waals surface area contributed by atoms with Gasteiger partial charge in [0, 0.05) is 17.0 Å². The zero-order valence-electron chi connectivity index (χ0n) is 10.9. The Bertz CT molecular complexity index is 399. The molecule has 18 heavy (non-hydrogen) atoms. The SMILES string of the molecule is CSc1cccc(NC(=O)CC2CCCCC2)c1. The van der Waals surface area contributed by atoms with Crippen LogP contribution >= 0.6 is 11.8 Å². The van der Waals surface area contributed by atoms with Crippen LogP contribution in [0.25, 0.3) is 0 Å². The number of carbonyl (C=O) groups excluding carboxylic acids is 1. The van der Waals surface area contributed by atoms with Crippen LogP contribution in [0.1, 0.15) is 38.5 Å². The van der Waals surface area contributed by atoms with Crippen molar-refractivity contribution in [3.63, 3.8) is 0 Å². The van der Waals surface area contributed by atoms with Crippen molar-refractivity contribution in [1.29, 1.82) is 0 Å². The Morgan fingerprint density at radius 3 is 2.83 bits per heavy atom. The topological polar surface area (TPSA) is 29.1 Å². The molecule has 1 aromatic rings. The molecule has 0 aromatic heterocycles. The summed E-state index contributed by atoms with van der Waals surface area (Å²) in [6.45, 7) is 0. The molecule has 1 aromatic carbocycles. The summed E-state index contributed by atoms with van der Waals surface area (Å²) < 4.78 is 0. The predicted molar refractivity (Wildman–Crippen MR) is 78.0 cm³/mol. The van der Waals surface area contributed by atoms with Gasteiger partial charge in [-0.15, -0.1) is 11.8 Å². The number of rotatable bonds is 4. The number of benzene rings is 1. The molecular weight excluding hydrogens is 242 g/mol. The van der Waals surface area contributed by atoms with E-state index in [0.717, 1.165) is 5.69 Å². The summed E-state index contributed by atoms with van der Waals surface area (Å²) >= 11 is 1.69. The minimum atomic E-state index is 0.167. The minimum Gasteiger partial charge on any atom is -0.326 e. The molecule has 3 heteroatoms. The summed E-state index contributed by atoms with van der Waals surface area (Å²) in [7, 11) is 0. The molecule has 1 aliphatic rings. The fraction of sp³-hybridized carbons (Fsp3) is 0.533. The third kappa shape index (κ3) is 4.05. The van der Waals surface area contributed by atoms with Gasteiger partial charge in [-0.1, -0.05) is 25.3 Å².